The van der Waals surface area contributed by atoms with Crippen LogP contribution in [0, 0.1) is 5.92 Å². The number of ether oxygens (including phenoxy) is 2. The number of carbonyl (C=O) groups excluding carboxylic acids is 1. The topological polar surface area (TPSA) is 52.6 Å². The molecule has 0 aromatic heterocycles. The van der Waals surface area contributed by atoms with E-state index < -0.39 is 10.8 Å². The van der Waals surface area contributed by atoms with Crippen molar-refractivity contribution in [2.24, 2.45) is 5.92 Å². The van der Waals surface area contributed by atoms with Crippen LogP contribution in [0.15, 0.2) is 82.6 Å². The average Bonchev–Trinajstić information content (AvgIpc) is 3.54. The Kier molecular flexibility index (Phi) is 5.83. The van der Waals surface area contributed by atoms with Crippen LogP contribution < -0.4 is 4.74 Å². The van der Waals surface area contributed by atoms with Crippen molar-refractivity contribution >= 4 is 16.8 Å². The maximum atomic E-state index is 13.1. The number of carbonyl (C=O) groups is 1. The number of benzene rings is 3. The third kappa shape index (κ3) is 4.09. The predicted octanol–water partition coefficient (Wildman–Crippen LogP) is 5.59. The minimum atomic E-state index is -1.19. The van der Waals surface area contributed by atoms with E-state index in [9.17, 15) is 9.00 Å². The molecule has 5 heteroatoms. The summed E-state index contributed by atoms with van der Waals surface area (Å²) in [6, 6.07) is 23.7. The van der Waals surface area contributed by atoms with E-state index >= 15 is 0 Å². The third-order valence-electron chi connectivity index (χ3n) is 6.30. The molecule has 0 spiro atoms. The van der Waals surface area contributed by atoms with E-state index in [1.807, 2.05) is 61.5 Å². The van der Waals surface area contributed by atoms with Crippen LogP contribution in [0.1, 0.15) is 48.5 Å². The average molecular weight is 447 g/mol. The first-order valence-electron chi connectivity index (χ1n) is 11.2. The molecule has 0 heterocycles. The molecule has 3 aromatic rings. The number of hydrogen-bond acceptors (Lipinski definition) is 4. The molecule has 3 aromatic carbocycles. The highest BCUT2D eigenvalue weighted by Crippen LogP contribution is 2.48. The highest BCUT2D eigenvalue weighted by atomic mass is 32.2. The Hall–Kier alpha value is -2.92. The Balaban J connectivity index is 1.29. The Morgan fingerprint density at radius 2 is 1.78 bits per heavy atom. The summed E-state index contributed by atoms with van der Waals surface area (Å²) in [7, 11) is -1.19. The van der Waals surface area contributed by atoms with Crippen molar-refractivity contribution in [1.29, 1.82) is 0 Å². The second kappa shape index (κ2) is 8.91. The van der Waals surface area contributed by atoms with Crippen molar-refractivity contribution in [2.75, 3.05) is 6.61 Å². The number of hydrogen-bond donors (Lipinski definition) is 0. The predicted molar refractivity (Wildman–Crippen MR) is 123 cm³/mol. The van der Waals surface area contributed by atoms with Gasteiger partial charge in [0.15, 0.2) is 0 Å². The van der Waals surface area contributed by atoms with Crippen LogP contribution in [0.3, 0.4) is 0 Å². The Morgan fingerprint density at radius 3 is 2.53 bits per heavy atom. The molecular formula is C27H26O4S. The third-order valence-corrected chi connectivity index (χ3v) is 7.78. The minimum Gasteiger partial charge on any atom is -0.486 e. The lowest BCUT2D eigenvalue weighted by molar-refractivity contribution is -0.144. The van der Waals surface area contributed by atoms with Gasteiger partial charge in [0.1, 0.15) is 11.9 Å². The first kappa shape index (κ1) is 21.0. The summed E-state index contributed by atoms with van der Waals surface area (Å²) in [5.74, 6) is 0.969. The van der Waals surface area contributed by atoms with Crippen molar-refractivity contribution in [1.82, 2.24) is 0 Å². The molecule has 0 amide bonds. The molecular weight excluding hydrogens is 420 g/mol. The largest absolute Gasteiger partial charge is 0.486 e. The molecule has 5 rings (SSSR count). The van der Waals surface area contributed by atoms with Gasteiger partial charge < -0.3 is 9.47 Å². The molecule has 2 aliphatic rings. The van der Waals surface area contributed by atoms with E-state index in [2.05, 4.69) is 18.2 Å². The maximum absolute atomic E-state index is 13.1. The Bertz CT molecular complexity index is 1140. The molecule has 0 N–H and O–H groups in total. The Morgan fingerprint density at radius 1 is 1.00 bits per heavy atom. The monoisotopic (exact) mass is 446 g/mol. The van der Waals surface area contributed by atoms with Crippen molar-refractivity contribution in [3.05, 3.63) is 89.5 Å². The molecule has 1 fully saturated rings. The molecule has 0 aliphatic heterocycles. The van der Waals surface area contributed by atoms with E-state index in [1.54, 1.807) is 0 Å². The SMILES string of the molecule is CCOC(=O)C1CC1c1ccc(OC2CCc3c2cccc3S(=O)c2ccccc2)cc1. The molecule has 164 valence electrons. The molecule has 4 unspecified atom stereocenters. The molecule has 4 atom stereocenters. The van der Waals surface area contributed by atoms with Gasteiger partial charge in [-0.05, 0) is 79.1 Å². The van der Waals surface area contributed by atoms with Crippen molar-refractivity contribution < 1.29 is 18.5 Å². The smallest absolute Gasteiger partial charge is 0.309 e. The summed E-state index contributed by atoms with van der Waals surface area (Å²) in [5, 5.41) is 0. The standard InChI is InChI=1S/C27H26O4S/c1-2-30-27(28)24-17-23(24)18-11-13-19(14-12-18)31-25-16-15-22-21(25)9-6-10-26(22)32(29)20-7-4-3-5-8-20/h3-14,23-25H,2,15-17H2,1H3. The molecule has 0 radical (unpaired) electrons. The van der Waals surface area contributed by atoms with Gasteiger partial charge >= 0.3 is 5.97 Å². The minimum absolute atomic E-state index is 0.00710. The van der Waals surface area contributed by atoms with Crippen LogP contribution in [0.4, 0.5) is 0 Å². The van der Waals surface area contributed by atoms with E-state index in [0.717, 1.165) is 51.5 Å². The lowest BCUT2D eigenvalue weighted by Gasteiger charge is -2.16. The molecule has 32 heavy (non-hydrogen) atoms. The van der Waals surface area contributed by atoms with Crippen LogP contribution in [0.2, 0.25) is 0 Å². The zero-order chi connectivity index (χ0) is 22.1. The normalized spacial score (nSPS) is 22.1. The van der Waals surface area contributed by atoms with Crippen molar-refractivity contribution in [3.63, 3.8) is 0 Å². The quantitative estimate of drug-likeness (QED) is 0.444. The number of esters is 1. The summed E-state index contributed by atoms with van der Waals surface area (Å²) >= 11 is 0. The second-order valence-corrected chi connectivity index (χ2v) is 9.77. The zero-order valence-electron chi connectivity index (χ0n) is 18.0. The summed E-state index contributed by atoms with van der Waals surface area (Å²) in [6.07, 6.45) is 2.54. The van der Waals surface area contributed by atoms with Gasteiger partial charge in [-0.15, -0.1) is 0 Å². The van der Waals surface area contributed by atoms with Gasteiger partial charge in [-0.2, -0.15) is 0 Å². The summed E-state index contributed by atoms with van der Waals surface area (Å²) in [4.78, 5) is 13.6. The fraction of sp³-hybridized carbons (Fsp3) is 0.296. The van der Waals surface area contributed by atoms with Crippen LogP contribution in [-0.4, -0.2) is 16.8 Å². The fourth-order valence-electron chi connectivity index (χ4n) is 4.58. The molecule has 4 nitrogen and oxygen atoms in total. The van der Waals surface area contributed by atoms with Gasteiger partial charge in [0.25, 0.3) is 0 Å². The van der Waals surface area contributed by atoms with E-state index in [1.165, 1.54) is 0 Å². The Labute approximate surface area is 191 Å². The van der Waals surface area contributed by atoms with Gasteiger partial charge in [-0.1, -0.05) is 42.5 Å². The van der Waals surface area contributed by atoms with E-state index in [0.29, 0.717) is 6.61 Å². The van der Waals surface area contributed by atoms with E-state index in [-0.39, 0.29) is 23.9 Å². The van der Waals surface area contributed by atoms with Crippen LogP contribution in [0.25, 0.3) is 0 Å². The summed E-state index contributed by atoms with van der Waals surface area (Å²) in [5.41, 5.74) is 3.43. The summed E-state index contributed by atoms with van der Waals surface area (Å²) in [6.45, 7) is 2.27. The molecule has 2 aliphatic carbocycles. The van der Waals surface area contributed by atoms with Gasteiger partial charge in [0, 0.05) is 9.79 Å². The van der Waals surface area contributed by atoms with Gasteiger partial charge in [-0.3, -0.25) is 4.79 Å². The molecule has 0 bridgehead atoms. The van der Waals surface area contributed by atoms with Gasteiger partial charge in [0.2, 0.25) is 0 Å². The summed E-state index contributed by atoms with van der Waals surface area (Å²) < 4.78 is 24.6. The molecule has 0 saturated heterocycles. The second-order valence-electron chi connectivity index (χ2n) is 8.32. The van der Waals surface area contributed by atoms with Gasteiger partial charge in [0.05, 0.1) is 23.3 Å². The van der Waals surface area contributed by atoms with Gasteiger partial charge in [-0.25, -0.2) is 4.21 Å². The fourth-order valence-corrected chi connectivity index (χ4v) is 5.89. The first-order valence-corrected chi connectivity index (χ1v) is 12.3. The van der Waals surface area contributed by atoms with Crippen LogP contribution in [0.5, 0.6) is 5.75 Å². The zero-order valence-corrected chi connectivity index (χ0v) is 18.8. The van der Waals surface area contributed by atoms with Crippen molar-refractivity contribution in [3.8, 4) is 5.75 Å². The number of rotatable bonds is 7. The lowest BCUT2D eigenvalue weighted by Crippen LogP contribution is -2.07. The number of fused-ring (bicyclic) bond motifs is 1. The molecule has 1 saturated carbocycles. The first-order chi connectivity index (χ1) is 15.7. The van der Waals surface area contributed by atoms with Crippen LogP contribution in [-0.2, 0) is 26.8 Å². The van der Waals surface area contributed by atoms with Crippen LogP contribution >= 0.6 is 0 Å². The maximum Gasteiger partial charge on any atom is 0.309 e. The highest BCUT2D eigenvalue weighted by molar-refractivity contribution is 7.85. The lowest BCUT2D eigenvalue weighted by atomic mass is 10.1. The van der Waals surface area contributed by atoms with Crippen molar-refractivity contribution in [2.45, 2.75) is 48.0 Å². The van der Waals surface area contributed by atoms with E-state index in [4.69, 9.17) is 9.47 Å². The highest BCUT2D eigenvalue weighted by Gasteiger charge is 2.45.